The minimum Gasteiger partial charge on any atom is -0.454 e. The Hall–Kier alpha value is -3.56. The summed E-state index contributed by atoms with van der Waals surface area (Å²) in [7, 11) is 1.46. The van der Waals surface area contributed by atoms with Crippen LogP contribution in [0.15, 0.2) is 33.7 Å². The minimum atomic E-state index is -3.12. The standard InChI is InChI=1S/C19H16F2N2O6/c1-9-4-5-13(29-19(20)21)11(6-9)12(24)7-27-18(26)14-10(2)28-16-15(14)17(25)23(3)8-22-16/h4-6,8,19H,7H2,1-3H3. The number of furan rings is 1. The van der Waals surface area contributed by atoms with Crippen molar-refractivity contribution in [3.05, 3.63) is 57.3 Å². The number of nitrogens with zero attached hydrogens (tertiary/aromatic N) is 2. The van der Waals surface area contributed by atoms with Gasteiger partial charge in [0.25, 0.3) is 5.56 Å². The van der Waals surface area contributed by atoms with Crippen molar-refractivity contribution < 1.29 is 32.3 Å². The van der Waals surface area contributed by atoms with Crippen LogP contribution in [0.2, 0.25) is 0 Å². The molecule has 0 N–H and O–H groups in total. The maximum absolute atomic E-state index is 12.6. The van der Waals surface area contributed by atoms with Crippen LogP contribution in [0.25, 0.3) is 11.1 Å². The molecule has 0 bridgehead atoms. The number of aryl methyl sites for hydroxylation is 3. The highest BCUT2D eigenvalue weighted by atomic mass is 19.3. The van der Waals surface area contributed by atoms with Gasteiger partial charge in [0.05, 0.1) is 5.56 Å². The van der Waals surface area contributed by atoms with Crippen molar-refractivity contribution in [1.82, 2.24) is 9.55 Å². The average molecular weight is 406 g/mol. The summed E-state index contributed by atoms with van der Waals surface area (Å²) in [6, 6.07) is 4.09. The maximum Gasteiger partial charge on any atom is 0.387 e. The van der Waals surface area contributed by atoms with Crippen LogP contribution in [0.5, 0.6) is 5.75 Å². The van der Waals surface area contributed by atoms with E-state index in [9.17, 15) is 23.2 Å². The quantitative estimate of drug-likeness (QED) is 0.458. The SMILES string of the molecule is Cc1ccc(OC(F)F)c(C(=O)COC(=O)c2c(C)oc3ncn(C)c(=O)c23)c1. The Balaban J connectivity index is 1.85. The number of hydrogen-bond acceptors (Lipinski definition) is 7. The first-order chi connectivity index (χ1) is 13.7. The molecular formula is C19H16F2N2O6. The average Bonchev–Trinajstić information content (AvgIpc) is 3.00. The van der Waals surface area contributed by atoms with Gasteiger partial charge < -0.3 is 18.5 Å². The molecule has 0 saturated carbocycles. The molecule has 0 fully saturated rings. The van der Waals surface area contributed by atoms with Crippen LogP contribution in [0.3, 0.4) is 0 Å². The molecule has 0 amide bonds. The van der Waals surface area contributed by atoms with Crippen LogP contribution in [-0.2, 0) is 11.8 Å². The Morgan fingerprint density at radius 1 is 1.28 bits per heavy atom. The highest BCUT2D eigenvalue weighted by Gasteiger charge is 2.25. The summed E-state index contributed by atoms with van der Waals surface area (Å²) in [4.78, 5) is 41.2. The highest BCUT2D eigenvalue weighted by molar-refractivity contribution is 6.05. The molecule has 0 aliphatic heterocycles. The predicted molar refractivity (Wildman–Crippen MR) is 96.4 cm³/mol. The van der Waals surface area contributed by atoms with E-state index in [4.69, 9.17) is 9.15 Å². The number of Topliss-reactive ketones (excluding diaryl/α,β-unsaturated/α-hetero) is 1. The number of fused-ring (bicyclic) bond motifs is 1. The van der Waals surface area contributed by atoms with E-state index in [1.54, 1.807) is 6.92 Å². The number of carbonyl (C=O) groups is 2. The smallest absolute Gasteiger partial charge is 0.387 e. The Morgan fingerprint density at radius 2 is 2.00 bits per heavy atom. The fourth-order valence-electron chi connectivity index (χ4n) is 2.77. The van der Waals surface area contributed by atoms with E-state index in [2.05, 4.69) is 9.72 Å². The first-order valence-corrected chi connectivity index (χ1v) is 8.39. The summed E-state index contributed by atoms with van der Waals surface area (Å²) in [6.07, 6.45) is 1.24. The monoisotopic (exact) mass is 406 g/mol. The summed E-state index contributed by atoms with van der Waals surface area (Å²) < 4.78 is 41.0. The van der Waals surface area contributed by atoms with Gasteiger partial charge in [0.2, 0.25) is 11.5 Å². The molecule has 0 atom stereocenters. The Kier molecular flexibility index (Phi) is 5.44. The summed E-state index contributed by atoms with van der Waals surface area (Å²) >= 11 is 0. The zero-order valence-electron chi connectivity index (χ0n) is 15.7. The second-order valence-electron chi connectivity index (χ2n) is 6.25. The van der Waals surface area contributed by atoms with E-state index >= 15 is 0 Å². The number of rotatable bonds is 6. The van der Waals surface area contributed by atoms with Crippen molar-refractivity contribution >= 4 is 22.9 Å². The van der Waals surface area contributed by atoms with Crippen LogP contribution >= 0.6 is 0 Å². The molecule has 1 aromatic carbocycles. The van der Waals surface area contributed by atoms with Crippen molar-refractivity contribution in [1.29, 1.82) is 0 Å². The lowest BCUT2D eigenvalue weighted by molar-refractivity contribution is -0.0502. The lowest BCUT2D eigenvalue weighted by Gasteiger charge is -2.11. The van der Waals surface area contributed by atoms with Gasteiger partial charge in [-0.25, -0.2) is 9.78 Å². The molecule has 152 valence electrons. The molecule has 10 heteroatoms. The molecule has 0 radical (unpaired) electrons. The molecule has 0 spiro atoms. The van der Waals surface area contributed by atoms with Gasteiger partial charge in [-0.2, -0.15) is 8.78 Å². The van der Waals surface area contributed by atoms with Gasteiger partial charge in [0.1, 0.15) is 28.8 Å². The zero-order chi connectivity index (χ0) is 21.3. The number of ether oxygens (including phenoxy) is 2. The number of carbonyl (C=O) groups excluding carboxylic acids is 2. The largest absolute Gasteiger partial charge is 0.454 e. The van der Waals surface area contributed by atoms with Gasteiger partial charge in [0, 0.05) is 7.05 Å². The number of benzene rings is 1. The van der Waals surface area contributed by atoms with Crippen molar-refractivity contribution in [3.8, 4) is 5.75 Å². The number of alkyl halides is 2. The molecule has 29 heavy (non-hydrogen) atoms. The molecule has 8 nitrogen and oxygen atoms in total. The van der Waals surface area contributed by atoms with Crippen LogP contribution in [-0.4, -0.2) is 34.5 Å². The van der Waals surface area contributed by atoms with Crippen LogP contribution in [0, 0.1) is 13.8 Å². The minimum absolute atomic E-state index is 0.0322. The Labute approximate surface area is 162 Å². The van der Waals surface area contributed by atoms with Crippen LogP contribution in [0.4, 0.5) is 8.78 Å². The summed E-state index contributed by atoms with van der Waals surface area (Å²) in [5, 5.41) is -0.0674. The van der Waals surface area contributed by atoms with Crippen molar-refractivity contribution in [2.45, 2.75) is 20.5 Å². The van der Waals surface area contributed by atoms with Crippen LogP contribution < -0.4 is 10.3 Å². The van der Waals surface area contributed by atoms with E-state index < -0.39 is 30.5 Å². The predicted octanol–water partition coefficient (Wildman–Crippen LogP) is 2.78. The van der Waals surface area contributed by atoms with E-state index in [1.807, 2.05) is 0 Å². The Morgan fingerprint density at radius 3 is 2.69 bits per heavy atom. The fourth-order valence-corrected chi connectivity index (χ4v) is 2.77. The zero-order valence-corrected chi connectivity index (χ0v) is 15.7. The van der Waals surface area contributed by atoms with Crippen molar-refractivity contribution in [3.63, 3.8) is 0 Å². The number of hydrogen-bond donors (Lipinski definition) is 0. The number of ketones is 1. The lowest BCUT2D eigenvalue weighted by Crippen LogP contribution is -2.20. The third-order valence-corrected chi connectivity index (χ3v) is 4.14. The third kappa shape index (κ3) is 4.00. The molecule has 2 aromatic heterocycles. The van der Waals surface area contributed by atoms with E-state index in [0.717, 1.165) is 0 Å². The second kappa shape index (κ2) is 7.82. The second-order valence-corrected chi connectivity index (χ2v) is 6.25. The number of esters is 1. The first-order valence-electron chi connectivity index (χ1n) is 8.39. The normalized spacial score (nSPS) is 11.1. The first kappa shape index (κ1) is 20.2. The van der Waals surface area contributed by atoms with E-state index in [-0.39, 0.29) is 33.7 Å². The molecule has 0 unspecified atom stereocenters. The lowest BCUT2D eigenvalue weighted by atomic mass is 10.1. The maximum atomic E-state index is 12.6. The Bertz CT molecular complexity index is 1170. The van der Waals surface area contributed by atoms with Gasteiger partial charge in [-0.1, -0.05) is 11.6 Å². The molecule has 0 aliphatic rings. The van der Waals surface area contributed by atoms with E-state index in [1.165, 1.54) is 43.1 Å². The topological polar surface area (TPSA) is 101 Å². The van der Waals surface area contributed by atoms with Gasteiger partial charge in [-0.05, 0) is 26.0 Å². The van der Waals surface area contributed by atoms with Gasteiger partial charge in [0.15, 0.2) is 6.61 Å². The van der Waals surface area contributed by atoms with Gasteiger partial charge >= 0.3 is 12.6 Å². The number of aromatic nitrogens is 2. The van der Waals surface area contributed by atoms with Crippen molar-refractivity contribution in [2.75, 3.05) is 6.61 Å². The van der Waals surface area contributed by atoms with Gasteiger partial charge in [-0.15, -0.1) is 0 Å². The third-order valence-electron chi connectivity index (χ3n) is 4.14. The number of halogens is 2. The molecular weight excluding hydrogens is 390 g/mol. The summed E-state index contributed by atoms with van der Waals surface area (Å²) in [5.41, 5.74) is -0.210. The molecule has 3 rings (SSSR count). The summed E-state index contributed by atoms with van der Waals surface area (Å²) in [6.45, 7) is -0.738. The van der Waals surface area contributed by atoms with E-state index in [0.29, 0.717) is 5.56 Å². The highest BCUT2D eigenvalue weighted by Crippen LogP contribution is 2.24. The van der Waals surface area contributed by atoms with Crippen molar-refractivity contribution in [2.24, 2.45) is 7.05 Å². The van der Waals surface area contributed by atoms with Gasteiger partial charge in [-0.3, -0.25) is 9.59 Å². The summed E-state index contributed by atoms with van der Waals surface area (Å²) in [5.74, 6) is -1.93. The molecule has 0 aliphatic carbocycles. The fraction of sp³-hybridized carbons (Fsp3) is 0.263. The van der Waals surface area contributed by atoms with Crippen LogP contribution in [0.1, 0.15) is 32.0 Å². The molecule has 3 aromatic rings. The molecule has 2 heterocycles. The molecule has 0 saturated heterocycles.